The molecule has 160 valence electrons. The molecule has 31 heavy (non-hydrogen) atoms. The van der Waals surface area contributed by atoms with E-state index >= 15 is 0 Å². The average Bonchev–Trinajstić information content (AvgIpc) is 3.47. The number of aromatic nitrogens is 3. The van der Waals surface area contributed by atoms with Crippen LogP contribution in [-0.4, -0.2) is 38.0 Å². The first-order valence-corrected chi connectivity index (χ1v) is 10.8. The van der Waals surface area contributed by atoms with E-state index in [1.54, 1.807) is 17.2 Å². The molecule has 0 bridgehead atoms. The standard InChI is InChI=1S/C23H25N5O3/c29-21-13-17(14-27(21)15-19-8-5-11-31-19)23(30)24-18-7-4-6-16(12-18)22-26-25-20-9-2-1-3-10-28(20)22/h4-8,11-12,17H,1-3,9-10,13-15H2,(H,24,30). The number of carbonyl (C=O) groups excluding carboxylic acids is 2. The zero-order chi connectivity index (χ0) is 21.2. The Hall–Kier alpha value is -3.42. The third kappa shape index (κ3) is 4.10. The highest BCUT2D eigenvalue weighted by Crippen LogP contribution is 2.26. The lowest BCUT2D eigenvalue weighted by Crippen LogP contribution is -2.27. The molecule has 2 aromatic heterocycles. The summed E-state index contributed by atoms with van der Waals surface area (Å²) in [5.74, 6) is 2.03. The number of likely N-dealkylation sites (tertiary alicyclic amines) is 1. The lowest BCUT2D eigenvalue weighted by Gasteiger charge is -2.15. The molecule has 1 unspecified atom stereocenters. The molecule has 1 N–H and O–H groups in total. The Morgan fingerprint density at radius 1 is 1.16 bits per heavy atom. The Labute approximate surface area is 180 Å². The number of carbonyl (C=O) groups is 2. The maximum atomic E-state index is 12.8. The summed E-state index contributed by atoms with van der Waals surface area (Å²) in [7, 11) is 0. The van der Waals surface area contributed by atoms with Crippen molar-refractivity contribution >= 4 is 17.5 Å². The van der Waals surface area contributed by atoms with Gasteiger partial charge in [-0.2, -0.15) is 0 Å². The Kier molecular flexibility index (Phi) is 5.28. The molecule has 0 radical (unpaired) electrons. The second-order valence-electron chi connectivity index (χ2n) is 8.23. The van der Waals surface area contributed by atoms with E-state index in [0.717, 1.165) is 48.8 Å². The van der Waals surface area contributed by atoms with Gasteiger partial charge in [-0.3, -0.25) is 9.59 Å². The van der Waals surface area contributed by atoms with E-state index in [-0.39, 0.29) is 24.2 Å². The zero-order valence-electron chi connectivity index (χ0n) is 17.3. The van der Waals surface area contributed by atoms with Crippen molar-refractivity contribution in [3.8, 4) is 11.4 Å². The predicted octanol–water partition coefficient (Wildman–Crippen LogP) is 3.25. The van der Waals surface area contributed by atoms with Crippen LogP contribution in [0.3, 0.4) is 0 Å². The Morgan fingerprint density at radius 3 is 2.97 bits per heavy atom. The van der Waals surface area contributed by atoms with Crippen LogP contribution in [0.5, 0.6) is 0 Å². The average molecular weight is 419 g/mol. The van der Waals surface area contributed by atoms with Crippen LogP contribution in [0.25, 0.3) is 11.4 Å². The Balaban J connectivity index is 1.27. The molecule has 8 heteroatoms. The number of rotatable bonds is 5. The van der Waals surface area contributed by atoms with Crippen LogP contribution < -0.4 is 5.32 Å². The maximum absolute atomic E-state index is 12.8. The van der Waals surface area contributed by atoms with Crippen molar-refractivity contribution < 1.29 is 14.0 Å². The van der Waals surface area contributed by atoms with Crippen LogP contribution in [0, 0.1) is 5.92 Å². The van der Waals surface area contributed by atoms with Crippen molar-refractivity contribution in [2.24, 2.45) is 5.92 Å². The molecule has 5 rings (SSSR count). The predicted molar refractivity (Wildman–Crippen MR) is 114 cm³/mol. The quantitative estimate of drug-likeness (QED) is 0.685. The highest BCUT2D eigenvalue weighted by atomic mass is 16.3. The van der Waals surface area contributed by atoms with E-state index in [9.17, 15) is 9.59 Å². The Morgan fingerprint density at radius 2 is 2.10 bits per heavy atom. The summed E-state index contributed by atoms with van der Waals surface area (Å²) in [5.41, 5.74) is 1.63. The van der Waals surface area contributed by atoms with Crippen molar-refractivity contribution in [3.05, 3.63) is 54.2 Å². The maximum Gasteiger partial charge on any atom is 0.229 e. The molecule has 1 aromatic carbocycles. The van der Waals surface area contributed by atoms with Crippen LogP contribution in [-0.2, 0) is 29.1 Å². The van der Waals surface area contributed by atoms with Crippen molar-refractivity contribution in [2.75, 3.05) is 11.9 Å². The van der Waals surface area contributed by atoms with E-state index in [2.05, 4.69) is 20.1 Å². The monoisotopic (exact) mass is 419 g/mol. The SMILES string of the molecule is O=C(Nc1cccc(-c2nnc3n2CCCCC3)c1)C1CC(=O)N(Cc2ccco2)C1. The number of aryl methyl sites for hydroxylation is 1. The van der Waals surface area contributed by atoms with E-state index in [1.807, 2.05) is 30.3 Å². The zero-order valence-corrected chi connectivity index (χ0v) is 17.3. The lowest BCUT2D eigenvalue weighted by molar-refractivity contribution is -0.128. The van der Waals surface area contributed by atoms with Crippen molar-refractivity contribution in [3.63, 3.8) is 0 Å². The highest BCUT2D eigenvalue weighted by Gasteiger charge is 2.34. The van der Waals surface area contributed by atoms with Gasteiger partial charge in [0.15, 0.2) is 5.82 Å². The van der Waals surface area contributed by atoms with Crippen molar-refractivity contribution in [1.82, 2.24) is 19.7 Å². The molecule has 2 aliphatic rings. The molecule has 1 fully saturated rings. The molecule has 4 heterocycles. The molecule has 3 aromatic rings. The van der Waals surface area contributed by atoms with Gasteiger partial charge in [0.25, 0.3) is 0 Å². The summed E-state index contributed by atoms with van der Waals surface area (Å²) in [4.78, 5) is 26.8. The summed E-state index contributed by atoms with van der Waals surface area (Å²) in [5, 5.41) is 11.8. The normalized spacial score (nSPS) is 18.6. The number of hydrogen-bond acceptors (Lipinski definition) is 5. The summed E-state index contributed by atoms with van der Waals surface area (Å²) in [6.07, 6.45) is 6.22. The fraction of sp³-hybridized carbons (Fsp3) is 0.391. The van der Waals surface area contributed by atoms with Crippen LogP contribution in [0.4, 0.5) is 5.69 Å². The fourth-order valence-corrected chi connectivity index (χ4v) is 4.37. The smallest absolute Gasteiger partial charge is 0.229 e. The van der Waals surface area contributed by atoms with Crippen molar-refractivity contribution in [2.45, 2.75) is 45.2 Å². The van der Waals surface area contributed by atoms with E-state index < -0.39 is 0 Å². The van der Waals surface area contributed by atoms with Gasteiger partial charge in [0.1, 0.15) is 11.6 Å². The van der Waals surface area contributed by atoms with Gasteiger partial charge in [-0.25, -0.2) is 0 Å². The van der Waals surface area contributed by atoms with Gasteiger partial charge >= 0.3 is 0 Å². The van der Waals surface area contributed by atoms with Gasteiger partial charge in [-0.1, -0.05) is 18.6 Å². The third-order valence-corrected chi connectivity index (χ3v) is 6.01. The van der Waals surface area contributed by atoms with Crippen LogP contribution >= 0.6 is 0 Å². The second kappa shape index (κ2) is 8.37. The van der Waals surface area contributed by atoms with Gasteiger partial charge in [0.05, 0.1) is 18.7 Å². The van der Waals surface area contributed by atoms with Crippen LogP contribution in [0.15, 0.2) is 47.1 Å². The molecule has 1 saturated heterocycles. The Bertz CT molecular complexity index is 1090. The molecular weight excluding hydrogens is 394 g/mol. The van der Waals surface area contributed by atoms with Crippen LogP contribution in [0.2, 0.25) is 0 Å². The molecule has 2 aliphatic heterocycles. The molecule has 1 atom stereocenters. The van der Waals surface area contributed by atoms with Gasteiger partial charge in [-0.15, -0.1) is 10.2 Å². The van der Waals surface area contributed by atoms with Gasteiger partial charge in [-0.05, 0) is 37.1 Å². The minimum Gasteiger partial charge on any atom is -0.467 e. The van der Waals surface area contributed by atoms with E-state index in [4.69, 9.17) is 4.42 Å². The first kappa shape index (κ1) is 19.5. The first-order valence-electron chi connectivity index (χ1n) is 10.8. The summed E-state index contributed by atoms with van der Waals surface area (Å²) in [6.45, 7) is 1.70. The number of anilines is 1. The first-order chi connectivity index (χ1) is 15.2. The minimum absolute atomic E-state index is 0.0311. The second-order valence-corrected chi connectivity index (χ2v) is 8.23. The number of benzene rings is 1. The summed E-state index contributed by atoms with van der Waals surface area (Å²) < 4.78 is 7.51. The number of amides is 2. The number of hydrogen-bond donors (Lipinski definition) is 1. The van der Waals surface area contributed by atoms with Gasteiger partial charge in [0, 0.05) is 37.2 Å². The van der Waals surface area contributed by atoms with Gasteiger partial charge in [0.2, 0.25) is 11.8 Å². The van der Waals surface area contributed by atoms with Gasteiger partial charge < -0.3 is 19.2 Å². The number of nitrogens with zero attached hydrogens (tertiary/aromatic N) is 4. The third-order valence-electron chi connectivity index (χ3n) is 6.01. The fourth-order valence-electron chi connectivity index (χ4n) is 4.37. The molecular formula is C23H25N5O3. The molecule has 0 spiro atoms. The molecule has 2 amide bonds. The molecule has 0 saturated carbocycles. The highest BCUT2D eigenvalue weighted by molar-refractivity contribution is 5.97. The van der Waals surface area contributed by atoms with Crippen molar-refractivity contribution in [1.29, 1.82) is 0 Å². The number of fused-ring (bicyclic) bond motifs is 1. The van der Waals surface area contributed by atoms with E-state index in [1.165, 1.54) is 6.42 Å². The number of furan rings is 1. The largest absolute Gasteiger partial charge is 0.467 e. The molecule has 8 nitrogen and oxygen atoms in total. The minimum atomic E-state index is -0.379. The van der Waals surface area contributed by atoms with E-state index in [0.29, 0.717) is 18.8 Å². The topological polar surface area (TPSA) is 93.3 Å². The number of nitrogens with one attached hydrogen (secondary N) is 1. The summed E-state index contributed by atoms with van der Waals surface area (Å²) in [6, 6.07) is 11.3. The summed E-state index contributed by atoms with van der Waals surface area (Å²) >= 11 is 0. The lowest BCUT2D eigenvalue weighted by atomic mass is 10.1. The van der Waals surface area contributed by atoms with Crippen LogP contribution in [0.1, 0.15) is 37.3 Å². The molecule has 0 aliphatic carbocycles.